The van der Waals surface area contributed by atoms with Crippen LogP contribution in [0.3, 0.4) is 0 Å². The number of hydrogen-bond acceptors (Lipinski definition) is 4. The molecule has 0 aromatic carbocycles. The highest BCUT2D eigenvalue weighted by Crippen LogP contribution is 2.32. The Morgan fingerprint density at radius 1 is 1.39 bits per heavy atom. The molecule has 0 radical (unpaired) electrons. The van der Waals surface area contributed by atoms with Crippen molar-refractivity contribution in [3.05, 3.63) is 24.2 Å². The number of anilines is 1. The molecule has 5 nitrogen and oxygen atoms in total. The maximum atomic E-state index is 6.33. The van der Waals surface area contributed by atoms with E-state index in [-0.39, 0.29) is 5.54 Å². The summed E-state index contributed by atoms with van der Waals surface area (Å²) in [5, 5.41) is 4.40. The molecule has 0 amide bonds. The molecular weight excluding hydrogens is 226 g/mol. The molecule has 2 N–H and O–H groups in total. The zero-order chi connectivity index (χ0) is 12.9. The highest BCUT2D eigenvalue weighted by Gasteiger charge is 2.43. The molecule has 3 heterocycles. The molecule has 96 valence electrons. The van der Waals surface area contributed by atoms with E-state index in [4.69, 9.17) is 5.73 Å². The van der Waals surface area contributed by atoms with Gasteiger partial charge in [0.25, 0.3) is 0 Å². The summed E-state index contributed by atoms with van der Waals surface area (Å²) < 4.78 is 1.88. The molecule has 18 heavy (non-hydrogen) atoms. The summed E-state index contributed by atoms with van der Waals surface area (Å²) in [5.74, 6) is 1.47. The average molecular weight is 245 g/mol. The van der Waals surface area contributed by atoms with E-state index in [1.807, 2.05) is 17.6 Å². The maximum Gasteiger partial charge on any atom is 0.154 e. The molecule has 3 rings (SSSR count). The van der Waals surface area contributed by atoms with Gasteiger partial charge in [-0.25, -0.2) is 9.50 Å². The number of fused-ring (bicyclic) bond motifs is 1. The Balaban J connectivity index is 1.93. The van der Waals surface area contributed by atoms with Gasteiger partial charge >= 0.3 is 0 Å². The van der Waals surface area contributed by atoms with Gasteiger partial charge in [-0.3, -0.25) is 0 Å². The Morgan fingerprint density at radius 3 is 2.78 bits per heavy atom. The van der Waals surface area contributed by atoms with E-state index < -0.39 is 0 Å². The first-order valence-electron chi connectivity index (χ1n) is 6.34. The van der Waals surface area contributed by atoms with Gasteiger partial charge in [0.05, 0.1) is 11.2 Å². The zero-order valence-corrected chi connectivity index (χ0v) is 11.1. The standard InChI is InChI=1S/C13H19N5/c1-9(2)13(14)7-17(8-13)12-11-6-10(3)16-18(11)5-4-15-12/h4-6,9H,7-8,14H2,1-3H3. The molecule has 2 aromatic heterocycles. The van der Waals surface area contributed by atoms with Crippen molar-refractivity contribution in [1.29, 1.82) is 0 Å². The van der Waals surface area contributed by atoms with Crippen LogP contribution in [0.1, 0.15) is 19.5 Å². The molecule has 1 fully saturated rings. The van der Waals surface area contributed by atoms with Gasteiger partial charge in [-0.15, -0.1) is 0 Å². The van der Waals surface area contributed by atoms with Crippen molar-refractivity contribution in [2.45, 2.75) is 26.3 Å². The van der Waals surface area contributed by atoms with Gasteiger partial charge in [0.2, 0.25) is 0 Å². The summed E-state index contributed by atoms with van der Waals surface area (Å²) in [6.07, 6.45) is 3.67. The second kappa shape index (κ2) is 3.68. The summed E-state index contributed by atoms with van der Waals surface area (Å²) in [6, 6.07) is 2.06. The number of nitrogens with zero attached hydrogens (tertiary/aromatic N) is 4. The largest absolute Gasteiger partial charge is 0.351 e. The molecule has 1 aliphatic rings. The summed E-state index contributed by atoms with van der Waals surface area (Å²) in [5.41, 5.74) is 8.31. The number of aryl methyl sites for hydroxylation is 1. The minimum Gasteiger partial charge on any atom is -0.351 e. The first-order chi connectivity index (χ1) is 8.49. The van der Waals surface area contributed by atoms with E-state index in [1.165, 1.54) is 0 Å². The Bertz CT molecular complexity index is 580. The third-order valence-corrected chi connectivity index (χ3v) is 3.91. The average Bonchev–Trinajstić information content (AvgIpc) is 2.64. The monoisotopic (exact) mass is 245 g/mol. The van der Waals surface area contributed by atoms with Crippen LogP contribution in [-0.2, 0) is 0 Å². The quantitative estimate of drug-likeness (QED) is 0.864. The Morgan fingerprint density at radius 2 is 2.11 bits per heavy atom. The van der Waals surface area contributed by atoms with Gasteiger partial charge in [-0.2, -0.15) is 5.10 Å². The first kappa shape index (κ1) is 11.5. The summed E-state index contributed by atoms with van der Waals surface area (Å²) in [4.78, 5) is 6.71. The predicted octanol–water partition coefficient (Wildman–Crippen LogP) is 1.21. The van der Waals surface area contributed by atoms with Crippen molar-refractivity contribution < 1.29 is 0 Å². The molecule has 0 bridgehead atoms. The van der Waals surface area contributed by atoms with Gasteiger partial charge in [0.1, 0.15) is 5.52 Å². The summed E-state index contributed by atoms with van der Waals surface area (Å²) in [7, 11) is 0. The molecule has 5 heteroatoms. The van der Waals surface area contributed by atoms with Crippen LogP contribution in [0.15, 0.2) is 18.5 Å². The fourth-order valence-electron chi connectivity index (χ4n) is 2.45. The van der Waals surface area contributed by atoms with Crippen LogP contribution in [-0.4, -0.2) is 33.2 Å². The van der Waals surface area contributed by atoms with Crippen LogP contribution in [0, 0.1) is 12.8 Å². The molecule has 1 aliphatic heterocycles. The Kier molecular flexibility index (Phi) is 2.35. The van der Waals surface area contributed by atoms with E-state index in [0.29, 0.717) is 5.92 Å². The number of rotatable bonds is 2. The number of aromatic nitrogens is 3. The lowest BCUT2D eigenvalue weighted by Gasteiger charge is -2.51. The second-order valence-corrected chi connectivity index (χ2v) is 5.61. The van der Waals surface area contributed by atoms with Crippen LogP contribution in [0.2, 0.25) is 0 Å². The molecular formula is C13H19N5. The summed E-state index contributed by atoms with van der Waals surface area (Å²) >= 11 is 0. The fraction of sp³-hybridized carbons (Fsp3) is 0.538. The van der Waals surface area contributed by atoms with Crippen LogP contribution in [0.25, 0.3) is 5.52 Å². The lowest BCUT2D eigenvalue weighted by molar-refractivity contribution is 0.244. The first-order valence-corrected chi connectivity index (χ1v) is 6.34. The van der Waals surface area contributed by atoms with Crippen molar-refractivity contribution in [1.82, 2.24) is 14.6 Å². The fourth-order valence-corrected chi connectivity index (χ4v) is 2.45. The molecule has 0 aliphatic carbocycles. The van der Waals surface area contributed by atoms with E-state index in [9.17, 15) is 0 Å². The molecule has 1 saturated heterocycles. The van der Waals surface area contributed by atoms with Gasteiger partial charge in [-0.1, -0.05) is 13.8 Å². The predicted molar refractivity (Wildman–Crippen MR) is 71.7 cm³/mol. The SMILES string of the molecule is Cc1cc2c(N3CC(N)(C(C)C)C3)nccn2n1. The van der Waals surface area contributed by atoms with Crippen LogP contribution in [0.4, 0.5) is 5.82 Å². The molecule has 2 aromatic rings. The van der Waals surface area contributed by atoms with Crippen molar-refractivity contribution >= 4 is 11.3 Å². The number of hydrogen-bond donors (Lipinski definition) is 1. The van der Waals surface area contributed by atoms with Gasteiger partial charge in [0.15, 0.2) is 5.82 Å². The highest BCUT2D eigenvalue weighted by molar-refractivity contribution is 5.70. The molecule has 0 spiro atoms. The van der Waals surface area contributed by atoms with Crippen molar-refractivity contribution in [3.63, 3.8) is 0 Å². The lowest BCUT2D eigenvalue weighted by atomic mass is 9.80. The van der Waals surface area contributed by atoms with Crippen molar-refractivity contribution in [2.24, 2.45) is 11.7 Å². The van der Waals surface area contributed by atoms with Gasteiger partial charge in [0, 0.05) is 25.5 Å². The normalized spacial score (nSPS) is 18.4. The van der Waals surface area contributed by atoms with E-state index >= 15 is 0 Å². The van der Waals surface area contributed by atoms with E-state index in [2.05, 4.69) is 34.9 Å². The summed E-state index contributed by atoms with van der Waals surface area (Å²) in [6.45, 7) is 8.07. The highest BCUT2D eigenvalue weighted by atomic mass is 15.3. The van der Waals surface area contributed by atoms with Gasteiger partial charge in [-0.05, 0) is 18.9 Å². The maximum absolute atomic E-state index is 6.33. The van der Waals surface area contributed by atoms with Crippen LogP contribution < -0.4 is 10.6 Å². The molecule has 0 saturated carbocycles. The second-order valence-electron chi connectivity index (χ2n) is 5.61. The lowest BCUT2D eigenvalue weighted by Crippen LogP contribution is -2.70. The third-order valence-electron chi connectivity index (χ3n) is 3.91. The van der Waals surface area contributed by atoms with Crippen LogP contribution in [0.5, 0.6) is 0 Å². The van der Waals surface area contributed by atoms with Gasteiger partial charge < -0.3 is 10.6 Å². The minimum absolute atomic E-state index is 0.0798. The topological polar surface area (TPSA) is 59.5 Å². The third kappa shape index (κ3) is 1.58. The number of nitrogens with two attached hydrogens (primary N) is 1. The Labute approximate surface area is 107 Å². The van der Waals surface area contributed by atoms with Crippen molar-refractivity contribution in [2.75, 3.05) is 18.0 Å². The smallest absolute Gasteiger partial charge is 0.154 e. The van der Waals surface area contributed by atoms with Crippen molar-refractivity contribution in [3.8, 4) is 0 Å². The minimum atomic E-state index is -0.0798. The van der Waals surface area contributed by atoms with E-state index in [0.717, 1.165) is 30.1 Å². The molecule has 0 unspecified atom stereocenters. The zero-order valence-electron chi connectivity index (χ0n) is 11.1. The van der Waals surface area contributed by atoms with E-state index in [1.54, 1.807) is 6.20 Å². The van der Waals surface area contributed by atoms with Crippen LogP contribution >= 0.6 is 0 Å². The Hall–Kier alpha value is -1.62. The molecule has 0 atom stereocenters.